The van der Waals surface area contributed by atoms with E-state index >= 15 is 0 Å². The number of aliphatic carboxylic acids is 1. The molecule has 0 bridgehead atoms. The highest BCUT2D eigenvalue weighted by atomic mass is 80.0. The summed E-state index contributed by atoms with van der Waals surface area (Å²) in [6, 6.07) is 0. The topological polar surface area (TPSA) is 63.6 Å². The fourth-order valence-corrected chi connectivity index (χ4v) is 3.37. The maximum atomic E-state index is 12.3. The minimum atomic E-state index is -5.14. The molecule has 0 aromatic carbocycles. The van der Waals surface area contributed by atoms with Gasteiger partial charge in [-0.25, -0.2) is 4.79 Å². The Morgan fingerprint density at radius 2 is 1.70 bits per heavy atom. The van der Waals surface area contributed by atoms with Crippen molar-refractivity contribution in [3.05, 3.63) is 0 Å². The monoisotopic (exact) mass is 488 g/mol. The molecule has 1 saturated carbocycles. The third-order valence-electron chi connectivity index (χ3n) is 3.29. The molecule has 0 aromatic rings. The summed E-state index contributed by atoms with van der Waals surface area (Å²) in [6.07, 6.45) is -6.50. The van der Waals surface area contributed by atoms with Crippen molar-refractivity contribution in [2.45, 2.75) is 28.3 Å². The molecular formula is C10H10Br3F3O4. The standard InChI is InChI=1S/C10H10Br3F3O4/c1-8(2)3(4(8)6(17)18)5(9(11,12)13)20-7(19)10(14,15)16/h3-5H,1-2H3,(H,17,18)/t3-,4+,5-/m1/s1. The van der Waals surface area contributed by atoms with Crippen LogP contribution in [0.1, 0.15) is 13.8 Å². The molecule has 1 N–H and O–H groups in total. The van der Waals surface area contributed by atoms with E-state index in [9.17, 15) is 22.8 Å². The van der Waals surface area contributed by atoms with Crippen LogP contribution in [0.2, 0.25) is 0 Å². The Morgan fingerprint density at radius 3 is 1.95 bits per heavy atom. The molecule has 10 heteroatoms. The van der Waals surface area contributed by atoms with Crippen LogP contribution in [0.15, 0.2) is 0 Å². The number of carboxylic acids is 1. The predicted octanol–water partition coefficient (Wildman–Crippen LogP) is 3.66. The maximum Gasteiger partial charge on any atom is 0.490 e. The molecule has 1 rings (SSSR count). The van der Waals surface area contributed by atoms with E-state index in [4.69, 9.17) is 5.11 Å². The minimum absolute atomic E-state index is 0.774. The summed E-state index contributed by atoms with van der Waals surface area (Å²) in [7, 11) is 0. The van der Waals surface area contributed by atoms with E-state index in [0.717, 1.165) is 0 Å². The number of rotatable bonds is 3. The Hall–Kier alpha value is 0.170. The minimum Gasteiger partial charge on any atom is -0.481 e. The number of hydrogen-bond acceptors (Lipinski definition) is 3. The lowest BCUT2D eigenvalue weighted by Gasteiger charge is -2.27. The number of halogens is 6. The summed E-state index contributed by atoms with van der Waals surface area (Å²) in [4.78, 5) is 22.1. The van der Waals surface area contributed by atoms with E-state index in [1.807, 2.05) is 0 Å². The zero-order valence-electron chi connectivity index (χ0n) is 10.2. The third kappa shape index (κ3) is 3.68. The lowest BCUT2D eigenvalue weighted by atomic mass is 10.1. The summed E-state index contributed by atoms with van der Waals surface area (Å²) in [5, 5.41) is 9.06. The first-order valence-corrected chi connectivity index (χ1v) is 7.66. The first kappa shape index (κ1) is 18.2. The van der Waals surface area contributed by atoms with Crippen molar-refractivity contribution in [1.82, 2.24) is 0 Å². The van der Waals surface area contributed by atoms with Gasteiger partial charge in [-0.15, -0.1) is 0 Å². The highest BCUT2D eigenvalue weighted by Crippen LogP contribution is 2.64. The van der Waals surface area contributed by atoms with E-state index in [1.54, 1.807) is 13.8 Å². The molecule has 0 amide bonds. The molecule has 0 radical (unpaired) electrons. The number of hydrogen-bond donors (Lipinski definition) is 1. The third-order valence-corrected chi connectivity index (χ3v) is 4.64. The Kier molecular flexibility index (Phi) is 4.94. The van der Waals surface area contributed by atoms with Crippen LogP contribution in [0.25, 0.3) is 0 Å². The smallest absolute Gasteiger partial charge is 0.481 e. The zero-order chi connectivity index (χ0) is 16.1. The summed E-state index contributed by atoms with van der Waals surface area (Å²) >= 11 is 9.01. The molecule has 1 aliphatic carbocycles. The number of carbonyl (C=O) groups is 2. The fourth-order valence-electron chi connectivity index (χ4n) is 2.24. The van der Waals surface area contributed by atoms with E-state index in [-0.39, 0.29) is 0 Å². The van der Waals surface area contributed by atoms with E-state index in [2.05, 4.69) is 52.5 Å². The summed E-state index contributed by atoms with van der Waals surface area (Å²) in [5.41, 5.74) is -0.789. The van der Waals surface area contributed by atoms with Gasteiger partial charge < -0.3 is 9.84 Å². The Morgan fingerprint density at radius 1 is 1.25 bits per heavy atom. The average molecular weight is 491 g/mol. The van der Waals surface area contributed by atoms with Crippen molar-refractivity contribution >= 4 is 59.7 Å². The molecule has 1 fully saturated rings. The molecule has 116 valence electrons. The van der Waals surface area contributed by atoms with Crippen LogP contribution in [0.5, 0.6) is 0 Å². The maximum absolute atomic E-state index is 12.3. The first-order chi connectivity index (χ1) is 8.70. The van der Waals surface area contributed by atoms with Gasteiger partial charge in [0.2, 0.25) is 0 Å². The van der Waals surface area contributed by atoms with Crippen LogP contribution in [-0.4, -0.2) is 31.5 Å². The number of carboxylic acid groups (broad SMARTS) is 1. The molecular weight excluding hydrogens is 481 g/mol. The highest BCUT2D eigenvalue weighted by molar-refractivity contribution is 9.39. The second kappa shape index (κ2) is 5.42. The quantitative estimate of drug-likeness (QED) is 0.484. The van der Waals surface area contributed by atoms with Gasteiger partial charge >= 0.3 is 18.1 Å². The largest absolute Gasteiger partial charge is 0.490 e. The van der Waals surface area contributed by atoms with Crippen LogP contribution < -0.4 is 0 Å². The highest BCUT2D eigenvalue weighted by Gasteiger charge is 2.69. The Labute approximate surface area is 137 Å². The molecule has 0 aliphatic heterocycles. The molecule has 0 heterocycles. The van der Waals surface area contributed by atoms with Crippen molar-refractivity contribution in [3.8, 4) is 0 Å². The van der Waals surface area contributed by atoms with Gasteiger partial charge in [0.15, 0.2) is 2.14 Å². The zero-order valence-corrected chi connectivity index (χ0v) is 14.9. The summed E-state index contributed by atoms with van der Waals surface area (Å²) in [5.74, 6) is -5.19. The van der Waals surface area contributed by atoms with Gasteiger partial charge in [-0.1, -0.05) is 61.6 Å². The number of carbonyl (C=O) groups excluding carboxylic acids is 1. The molecule has 0 unspecified atom stereocenters. The molecule has 0 spiro atoms. The van der Waals surface area contributed by atoms with E-state index in [1.165, 1.54) is 0 Å². The first-order valence-electron chi connectivity index (χ1n) is 5.28. The molecule has 0 saturated heterocycles. The van der Waals surface area contributed by atoms with Crippen molar-refractivity contribution in [1.29, 1.82) is 0 Å². The molecule has 3 atom stereocenters. The van der Waals surface area contributed by atoms with Crippen molar-refractivity contribution < 1.29 is 32.6 Å². The normalized spacial score (nSPS) is 26.8. The van der Waals surface area contributed by atoms with E-state index < -0.39 is 43.6 Å². The Bertz CT molecular complexity index is 430. The average Bonchev–Trinajstić information content (AvgIpc) is 2.73. The lowest BCUT2D eigenvalue weighted by Crippen LogP contribution is -2.38. The Balaban J connectivity index is 3.00. The van der Waals surface area contributed by atoms with Crippen LogP contribution in [-0.2, 0) is 14.3 Å². The van der Waals surface area contributed by atoms with Gasteiger partial charge in [-0.05, 0) is 5.41 Å². The SMILES string of the molecule is CC1(C)[C@@H]([C@@H](OC(=O)C(F)(F)F)C(Br)(Br)Br)[C@H]1C(=O)O. The summed E-state index contributed by atoms with van der Waals surface area (Å²) < 4.78 is 40.0. The van der Waals surface area contributed by atoms with Crippen LogP contribution in [0, 0.1) is 17.3 Å². The van der Waals surface area contributed by atoms with Gasteiger partial charge in [0.25, 0.3) is 0 Å². The van der Waals surface area contributed by atoms with Gasteiger partial charge in [-0.3, -0.25) is 4.79 Å². The molecule has 20 heavy (non-hydrogen) atoms. The number of alkyl halides is 6. The molecule has 4 nitrogen and oxygen atoms in total. The molecule has 0 aromatic heterocycles. The van der Waals surface area contributed by atoms with Crippen LogP contribution >= 0.6 is 47.8 Å². The predicted molar refractivity (Wildman–Crippen MR) is 73.8 cm³/mol. The van der Waals surface area contributed by atoms with Crippen LogP contribution in [0.4, 0.5) is 13.2 Å². The van der Waals surface area contributed by atoms with Crippen molar-refractivity contribution in [2.75, 3.05) is 0 Å². The lowest BCUT2D eigenvalue weighted by molar-refractivity contribution is -0.205. The fraction of sp³-hybridized carbons (Fsp3) is 0.800. The molecule has 1 aliphatic rings. The van der Waals surface area contributed by atoms with Gasteiger partial charge in [0, 0.05) is 5.92 Å². The van der Waals surface area contributed by atoms with Gasteiger partial charge in [-0.2, -0.15) is 13.2 Å². The number of esters is 1. The van der Waals surface area contributed by atoms with Crippen LogP contribution in [0.3, 0.4) is 0 Å². The second-order valence-electron chi connectivity index (χ2n) is 5.03. The van der Waals surface area contributed by atoms with Crippen molar-refractivity contribution in [2.24, 2.45) is 17.3 Å². The van der Waals surface area contributed by atoms with Crippen molar-refractivity contribution in [3.63, 3.8) is 0 Å². The number of ether oxygens (including phenoxy) is 1. The van der Waals surface area contributed by atoms with Gasteiger partial charge in [0.1, 0.15) is 6.10 Å². The second-order valence-corrected chi connectivity index (χ2v) is 12.0. The summed E-state index contributed by atoms with van der Waals surface area (Å²) in [6.45, 7) is 3.17. The van der Waals surface area contributed by atoms with E-state index in [0.29, 0.717) is 0 Å². The van der Waals surface area contributed by atoms with Gasteiger partial charge in [0.05, 0.1) is 5.92 Å².